The van der Waals surface area contributed by atoms with Gasteiger partial charge in [0.05, 0.1) is 17.3 Å². The molecule has 24 heavy (non-hydrogen) atoms. The number of carbonyl (C=O) groups excluding carboxylic acids is 3. The Bertz CT molecular complexity index is 1050. The van der Waals surface area contributed by atoms with Gasteiger partial charge in [-0.15, -0.1) is 11.3 Å². The third kappa shape index (κ3) is 1.95. The van der Waals surface area contributed by atoms with Crippen LogP contribution in [0.25, 0.3) is 4.96 Å². The number of nitrogens with zero attached hydrogens (tertiary/aromatic N) is 3. The fraction of sp³-hybridized carbons (Fsp3) is 0. The van der Waals surface area contributed by atoms with E-state index in [1.807, 2.05) is 0 Å². The highest BCUT2D eigenvalue weighted by Crippen LogP contribution is 2.23. The molecule has 3 aromatic rings. The molecular formula is C15H7N3O5S. The van der Waals surface area contributed by atoms with Crippen molar-refractivity contribution in [3.8, 4) is 0 Å². The van der Waals surface area contributed by atoms with E-state index in [4.69, 9.17) is 4.84 Å². The Morgan fingerprint density at radius 3 is 2.42 bits per heavy atom. The highest BCUT2D eigenvalue weighted by molar-refractivity contribution is 7.15. The molecule has 0 atom stereocenters. The first-order valence-corrected chi connectivity index (χ1v) is 7.61. The van der Waals surface area contributed by atoms with Gasteiger partial charge in [0.15, 0.2) is 4.96 Å². The number of aromatic nitrogens is 2. The van der Waals surface area contributed by atoms with E-state index >= 15 is 0 Å². The van der Waals surface area contributed by atoms with Crippen LogP contribution < -0.4 is 5.56 Å². The predicted octanol–water partition coefficient (Wildman–Crippen LogP) is 1.12. The molecule has 0 bridgehead atoms. The van der Waals surface area contributed by atoms with Crippen molar-refractivity contribution >= 4 is 34.1 Å². The monoisotopic (exact) mass is 341 g/mol. The summed E-state index contributed by atoms with van der Waals surface area (Å²) in [5, 5.41) is 2.00. The molecule has 118 valence electrons. The van der Waals surface area contributed by atoms with Crippen molar-refractivity contribution in [3.05, 3.63) is 69.1 Å². The van der Waals surface area contributed by atoms with Crippen LogP contribution in [0.3, 0.4) is 0 Å². The van der Waals surface area contributed by atoms with Crippen LogP contribution in [0.2, 0.25) is 0 Å². The Balaban J connectivity index is 1.67. The van der Waals surface area contributed by atoms with Gasteiger partial charge in [0.1, 0.15) is 5.56 Å². The summed E-state index contributed by atoms with van der Waals surface area (Å²) in [6.45, 7) is 0. The summed E-state index contributed by atoms with van der Waals surface area (Å²) >= 11 is 1.23. The van der Waals surface area contributed by atoms with E-state index in [1.54, 1.807) is 17.5 Å². The second-order valence-corrected chi connectivity index (χ2v) is 5.73. The lowest BCUT2D eigenvalue weighted by atomic mass is 10.1. The van der Waals surface area contributed by atoms with Gasteiger partial charge in [0, 0.05) is 11.6 Å². The van der Waals surface area contributed by atoms with E-state index in [1.165, 1.54) is 34.1 Å². The number of fused-ring (bicyclic) bond motifs is 2. The minimum absolute atomic E-state index is 0.137. The van der Waals surface area contributed by atoms with E-state index in [-0.39, 0.29) is 16.7 Å². The maximum Gasteiger partial charge on any atom is 0.371 e. The number of benzene rings is 1. The molecule has 0 saturated heterocycles. The first kappa shape index (κ1) is 14.3. The van der Waals surface area contributed by atoms with Gasteiger partial charge in [-0.3, -0.25) is 18.8 Å². The molecule has 2 amide bonds. The average Bonchev–Trinajstić information content (AvgIpc) is 3.15. The molecule has 0 radical (unpaired) electrons. The van der Waals surface area contributed by atoms with E-state index in [0.29, 0.717) is 10.0 Å². The molecular weight excluding hydrogens is 334 g/mol. The maximum absolute atomic E-state index is 12.2. The fourth-order valence-corrected chi connectivity index (χ4v) is 3.02. The van der Waals surface area contributed by atoms with Crippen LogP contribution in [0.4, 0.5) is 0 Å². The third-order valence-electron chi connectivity index (χ3n) is 3.49. The second-order valence-electron chi connectivity index (χ2n) is 4.86. The van der Waals surface area contributed by atoms with Gasteiger partial charge in [-0.25, -0.2) is 9.78 Å². The number of imide groups is 1. The lowest BCUT2D eigenvalue weighted by molar-refractivity contribution is -0.0586. The van der Waals surface area contributed by atoms with Crippen molar-refractivity contribution in [1.82, 2.24) is 14.4 Å². The smallest absolute Gasteiger partial charge is 0.324 e. The molecule has 8 nitrogen and oxygen atoms in total. The topological polar surface area (TPSA) is 98.0 Å². The normalized spacial score (nSPS) is 13.4. The number of hydrogen-bond donors (Lipinski definition) is 0. The van der Waals surface area contributed by atoms with Crippen molar-refractivity contribution in [2.45, 2.75) is 0 Å². The molecule has 0 N–H and O–H groups in total. The van der Waals surface area contributed by atoms with Gasteiger partial charge >= 0.3 is 5.97 Å². The van der Waals surface area contributed by atoms with Gasteiger partial charge in [-0.2, -0.15) is 0 Å². The van der Waals surface area contributed by atoms with E-state index < -0.39 is 23.3 Å². The molecule has 1 aliphatic rings. The number of hydroxylamine groups is 2. The molecule has 2 aromatic heterocycles. The number of hydrogen-bond acceptors (Lipinski definition) is 7. The molecule has 0 unspecified atom stereocenters. The Kier molecular flexibility index (Phi) is 3.03. The van der Waals surface area contributed by atoms with Crippen LogP contribution in [-0.4, -0.2) is 32.2 Å². The van der Waals surface area contributed by atoms with Crippen LogP contribution >= 0.6 is 11.3 Å². The lowest BCUT2D eigenvalue weighted by Gasteiger charge is -2.12. The van der Waals surface area contributed by atoms with E-state index in [0.717, 1.165) is 6.20 Å². The van der Waals surface area contributed by atoms with Gasteiger partial charge in [-0.05, 0) is 12.1 Å². The van der Waals surface area contributed by atoms with Gasteiger partial charge < -0.3 is 4.84 Å². The molecule has 0 fully saturated rings. The van der Waals surface area contributed by atoms with Crippen LogP contribution in [-0.2, 0) is 4.84 Å². The standard InChI is InChI=1S/C15H7N3O5S/c19-11-10(7-16-15-17(11)5-6-24-15)14(22)23-18-12(20)8-3-1-2-4-9(8)13(18)21/h1-7H. The molecule has 1 aromatic carbocycles. The SMILES string of the molecule is O=C(ON1C(=O)c2ccccc2C1=O)c1cnc2sccn2c1=O. The highest BCUT2D eigenvalue weighted by Gasteiger charge is 2.39. The summed E-state index contributed by atoms with van der Waals surface area (Å²) < 4.78 is 1.18. The van der Waals surface area contributed by atoms with Crippen molar-refractivity contribution < 1.29 is 19.2 Å². The maximum atomic E-state index is 12.2. The summed E-state index contributed by atoms with van der Waals surface area (Å²) in [6.07, 6.45) is 2.53. The van der Waals surface area contributed by atoms with Crippen LogP contribution in [0.1, 0.15) is 31.1 Å². The summed E-state index contributed by atoms with van der Waals surface area (Å²) in [7, 11) is 0. The number of carbonyl (C=O) groups is 3. The molecule has 9 heteroatoms. The summed E-state index contributed by atoms with van der Waals surface area (Å²) in [4.78, 5) is 58.0. The summed E-state index contributed by atoms with van der Waals surface area (Å²) in [6, 6.07) is 6.10. The number of amides is 2. The van der Waals surface area contributed by atoms with E-state index in [2.05, 4.69) is 4.98 Å². The Labute approximate surface area is 137 Å². The molecule has 0 saturated carbocycles. The predicted molar refractivity (Wildman–Crippen MR) is 81.7 cm³/mol. The molecule has 3 heterocycles. The summed E-state index contributed by atoms with van der Waals surface area (Å²) in [5.41, 5.74) is -0.734. The van der Waals surface area contributed by atoms with E-state index in [9.17, 15) is 19.2 Å². The third-order valence-corrected chi connectivity index (χ3v) is 4.26. The van der Waals surface area contributed by atoms with Gasteiger partial charge in [0.2, 0.25) is 0 Å². The Morgan fingerprint density at radius 2 is 1.75 bits per heavy atom. The number of rotatable bonds is 2. The van der Waals surface area contributed by atoms with Gasteiger partial charge in [-0.1, -0.05) is 17.2 Å². The first-order chi connectivity index (χ1) is 11.6. The van der Waals surface area contributed by atoms with Crippen molar-refractivity contribution in [1.29, 1.82) is 0 Å². The van der Waals surface area contributed by atoms with Crippen molar-refractivity contribution in [2.24, 2.45) is 0 Å². The van der Waals surface area contributed by atoms with Crippen LogP contribution in [0.15, 0.2) is 46.8 Å². The minimum atomic E-state index is -1.12. The van der Waals surface area contributed by atoms with Gasteiger partial charge in [0.25, 0.3) is 17.4 Å². The summed E-state index contributed by atoms with van der Waals surface area (Å²) in [5.74, 6) is -2.63. The van der Waals surface area contributed by atoms with Crippen LogP contribution in [0.5, 0.6) is 0 Å². The molecule has 4 rings (SSSR count). The zero-order chi connectivity index (χ0) is 16.8. The quantitative estimate of drug-likeness (QED) is 0.648. The van der Waals surface area contributed by atoms with Crippen molar-refractivity contribution in [2.75, 3.05) is 0 Å². The fourth-order valence-electron chi connectivity index (χ4n) is 2.35. The average molecular weight is 341 g/mol. The first-order valence-electron chi connectivity index (χ1n) is 6.73. The lowest BCUT2D eigenvalue weighted by Crippen LogP contribution is -2.35. The zero-order valence-corrected chi connectivity index (χ0v) is 12.6. The molecule has 1 aliphatic heterocycles. The molecule has 0 aliphatic carbocycles. The second kappa shape index (κ2) is 5.10. The number of thiazole rings is 1. The van der Waals surface area contributed by atoms with Crippen molar-refractivity contribution in [3.63, 3.8) is 0 Å². The van der Waals surface area contributed by atoms with Crippen LogP contribution in [0, 0.1) is 0 Å². The molecule has 0 spiro atoms. The zero-order valence-electron chi connectivity index (χ0n) is 11.8. The Hall–Kier alpha value is -3.33. The highest BCUT2D eigenvalue weighted by atomic mass is 32.1. The largest absolute Gasteiger partial charge is 0.371 e. The Morgan fingerprint density at radius 1 is 1.08 bits per heavy atom. The minimum Gasteiger partial charge on any atom is -0.324 e.